The predicted octanol–water partition coefficient (Wildman–Crippen LogP) is 3.00. The Bertz CT molecular complexity index is 794. The molecule has 0 aliphatic carbocycles. The normalized spacial score (nSPS) is 23.1. The zero-order chi connectivity index (χ0) is 15.3. The number of anilines is 1. The summed E-state index contributed by atoms with van der Waals surface area (Å²) in [6.45, 7) is 3.77. The van der Waals surface area contributed by atoms with Gasteiger partial charge in [-0.15, -0.1) is 0 Å². The molecule has 2 heterocycles. The van der Waals surface area contributed by atoms with E-state index in [9.17, 15) is 9.59 Å². The van der Waals surface area contributed by atoms with Gasteiger partial charge in [0.1, 0.15) is 0 Å². The average molecular weight is 291 g/mol. The smallest absolute Gasteiger partial charge is 0.336 e. The van der Waals surface area contributed by atoms with Crippen molar-refractivity contribution < 1.29 is 14.3 Å². The van der Waals surface area contributed by atoms with Crippen molar-refractivity contribution in [2.75, 3.05) is 4.90 Å². The number of nitrogens with zero attached hydrogens (tertiary/aromatic N) is 1. The summed E-state index contributed by atoms with van der Waals surface area (Å²) in [5.74, 6) is -0.616. The van der Waals surface area contributed by atoms with E-state index < -0.39 is 11.7 Å². The molecule has 4 rings (SSSR count). The molecular formula is C18H13NO3. The monoisotopic (exact) mass is 291 g/mol. The maximum atomic E-state index is 12.9. The predicted molar refractivity (Wildman–Crippen MR) is 81.2 cm³/mol. The minimum Gasteiger partial charge on any atom is -0.430 e. The molecule has 4 nitrogen and oxygen atoms in total. The Morgan fingerprint density at radius 1 is 1.00 bits per heavy atom. The van der Waals surface area contributed by atoms with Gasteiger partial charge in [0.25, 0.3) is 5.91 Å². The van der Waals surface area contributed by atoms with Gasteiger partial charge in [-0.25, -0.2) is 4.79 Å². The minimum absolute atomic E-state index is 0.163. The Kier molecular flexibility index (Phi) is 2.51. The molecule has 1 saturated heterocycles. The van der Waals surface area contributed by atoms with E-state index in [1.165, 1.54) is 0 Å². The minimum atomic E-state index is -1.11. The molecule has 2 aliphatic heterocycles. The second-order valence-electron chi connectivity index (χ2n) is 5.48. The fourth-order valence-corrected chi connectivity index (χ4v) is 3.22. The van der Waals surface area contributed by atoms with Crippen molar-refractivity contribution >= 4 is 17.6 Å². The van der Waals surface area contributed by atoms with Crippen LogP contribution in [0.15, 0.2) is 66.7 Å². The maximum absolute atomic E-state index is 12.9. The fraction of sp³-hybridized carbons (Fsp3) is 0.111. The molecular weight excluding hydrogens is 278 g/mol. The molecule has 2 aromatic carbocycles. The second kappa shape index (κ2) is 4.31. The summed E-state index contributed by atoms with van der Waals surface area (Å²) in [7, 11) is 0. The number of para-hydroxylation sites is 1. The van der Waals surface area contributed by atoms with Crippen molar-refractivity contribution in [3.8, 4) is 0 Å². The van der Waals surface area contributed by atoms with Gasteiger partial charge >= 0.3 is 5.97 Å². The highest BCUT2D eigenvalue weighted by atomic mass is 16.6. The van der Waals surface area contributed by atoms with Gasteiger partial charge in [-0.1, -0.05) is 43.0 Å². The van der Waals surface area contributed by atoms with E-state index in [0.29, 0.717) is 16.8 Å². The standard InChI is InChI=1S/C18H13NO3/c1-12-11-18(22-17(12)21)15-10-6-5-9-14(15)16(20)19(18)13-7-3-2-4-8-13/h2-10H,1,11H2. The average Bonchev–Trinajstić information content (AvgIpc) is 2.96. The van der Waals surface area contributed by atoms with Crippen LogP contribution in [0.3, 0.4) is 0 Å². The van der Waals surface area contributed by atoms with Gasteiger partial charge in [0.2, 0.25) is 5.72 Å². The lowest BCUT2D eigenvalue weighted by molar-refractivity contribution is -0.146. The lowest BCUT2D eigenvalue weighted by Crippen LogP contribution is -2.44. The quantitative estimate of drug-likeness (QED) is 0.599. The van der Waals surface area contributed by atoms with Crippen molar-refractivity contribution in [1.29, 1.82) is 0 Å². The van der Waals surface area contributed by atoms with Gasteiger partial charge in [0, 0.05) is 28.8 Å². The van der Waals surface area contributed by atoms with Crippen LogP contribution in [-0.2, 0) is 15.3 Å². The molecule has 0 bridgehead atoms. The molecule has 1 amide bonds. The van der Waals surface area contributed by atoms with Crippen LogP contribution < -0.4 is 4.90 Å². The van der Waals surface area contributed by atoms with Gasteiger partial charge in [-0.2, -0.15) is 0 Å². The fourth-order valence-electron chi connectivity index (χ4n) is 3.22. The number of fused-ring (bicyclic) bond motifs is 2. The van der Waals surface area contributed by atoms with Crippen LogP contribution in [0.2, 0.25) is 0 Å². The van der Waals surface area contributed by atoms with E-state index in [-0.39, 0.29) is 12.3 Å². The van der Waals surface area contributed by atoms with Crippen molar-refractivity contribution in [2.24, 2.45) is 0 Å². The van der Waals surface area contributed by atoms with Gasteiger partial charge in [-0.05, 0) is 18.2 Å². The topological polar surface area (TPSA) is 46.6 Å². The summed E-state index contributed by atoms with van der Waals surface area (Å²) < 4.78 is 5.65. The molecule has 2 aliphatic rings. The zero-order valence-electron chi connectivity index (χ0n) is 11.8. The first-order valence-electron chi connectivity index (χ1n) is 7.04. The Balaban J connectivity index is 1.97. The summed E-state index contributed by atoms with van der Waals surface area (Å²) in [6, 6.07) is 16.5. The molecule has 108 valence electrons. The van der Waals surface area contributed by atoms with E-state index in [0.717, 1.165) is 5.56 Å². The largest absolute Gasteiger partial charge is 0.430 e. The van der Waals surface area contributed by atoms with Gasteiger partial charge in [0.05, 0.1) is 0 Å². The summed E-state index contributed by atoms with van der Waals surface area (Å²) in [4.78, 5) is 26.4. The summed E-state index contributed by atoms with van der Waals surface area (Å²) in [6.07, 6.45) is 0.281. The lowest BCUT2D eigenvalue weighted by atomic mass is 9.97. The Morgan fingerprint density at radius 2 is 1.68 bits per heavy atom. The molecule has 0 aromatic heterocycles. The number of benzene rings is 2. The number of ether oxygens (including phenoxy) is 1. The van der Waals surface area contributed by atoms with Crippen molar-refractivity contribution in [1.82, 2.24) is 0 Å². The van der Waals surface area contributed by atoms with Crippen LogP contribution in [0.1, 0.15) is 22.3 Å². The maximum Gasteiger partial charge on any atom is 0.336 e. The molecule has 0 saturated carbocycles. The SMILES string of the molecule is C=C1CC2(OC1=O)c1ccccc1C(=O)N2c1ccccc1. The number of carbonyl (C=O) groups excluding carboxylic acids is 2. The van der Waals surface area contributed by atoms with E-state index >= 15 is 0 Å². The van der Waals surface area contributed by atoms with Crippen molar-refractivity contribution in [3.63, 3.8) is 0 Å². The van der Waals surface area contributed by atoms with Gasteiger partial charge in [0.15, 0.2) is 0 Å². The number of carbonyl (C=O) groups is 2. The number of hydrogen-bond donors (Lipinski definition) is 0. The highest BCUT2D eigenvalue weighted by Gasteiger charge is 2.57. The molecule has 0 N–H and O–H groups in total. The molecule has 1 fully saturated rings. The number of rotatable bonds is 1. The highest BCUT2D eigenvalue weighted by molar-refractivity contribution is 6.13. The van der Waals surface area contributed by atoms with Crippen molar-refractivity contribution in [3.05, 3.63) is 77.9 Å². The molecule has 1 unspecified atom stereocenters. The molecule has 4 heteroatoms. The lowest BCUT2D eigenvalue weighted by Gasteiger charge is -2.33. The van der Waals surface area contributed by atoms with E-state index in [1.807, 2.05) is 48.5 Å². The first-order valence-corrected chi connectivity index (χ1v) is 7.04. The first kappa shape index (κ1) is 12.8. The van der Waals surface area contributed by atoms with E-state index in [2.05, 4.69) is 6.58 Å². The summed E-state index contributed by atoms with van der Waals surface area (Å²) in [5.41, 5.74) is 1.25. The van der Waals surface area contributed by atoms with Crippen LogP contribution >= 0.6 is 0 Å². The molecule has 1 spiro atoms. The Morgan fingerprint density at radius 3 is 2.36 bits per heavy atom. The second-order valence-corrected chi connectivity index (χ2v) is 5.48. The van der Waals surface area contributed by atoms with E-state index in [1.54, 1.807) is 11.0 Å². The number of esters is 1. The Labute approximate surface area is 127 Å². The number of amides is 1. The van der Waals surface area contributed by atoms with Crippen LogP contribution in [0.25, 0.3) is 0 Å². The third kappa shape index (κ3) is 1.52. The van der Waals surface area contributed by atoms with Gasteiger partial charge in [-0.3, -0.25) is 9.69 Å². The molecule has 1 atom stereocenters. The Hall–Kier alpha value is -2.88. The molecule has 22 heavy (non-hydrogen) atoms. The molecule has 0 radical (unpaired) electrons. The summed E-state index contributed by atoms with van der Waals surface area (Å²) >= 11 is 0. The number of hydrogen-bond acceptors (Lipinski definition) is 3. The third-order valence-electron chi connectivity index (χ3n) is 4.16. The zero-order valence-corrected chi connectivity index (χ0v) is 11.8. The van der Waals surface area contributed by atoms with Crippen LogP contribution in [0.4, 0.5) is 5.69 Å². The van der Waals surface area contributed by atoms with Crippen LogP contribution in [0, 0.1) is 0 Å². The first-order chi connectivity index (χ1) is 10.6. The van der Waals surface area contributed by atoms with E-state index in [4.69, 9.17) is 4.74 Å². The highest BCUT2D eigenvalue weighted by Crippen LogP contribution is 2.50. The van der Waals surface area contributed by atoms with Gasteiger partial charge < -0.3 is 4.74 Å². The van der Waals surface area contributed by atoms with Crippen molar-refractivity contribution in [2.45, 2.75) is 12.1 Å². The van der Waals surface area contributed by atoms with Crippen LogP contribution in [0.5, 0.6) is 0 Å². The summed E-state index contributed by atoms with van der Waals surface area (Å²) in [5, 5.41) is 0. The van der Waals surface area contributed by atoms with Crippen LogP contribution in [-0.4, -0.2) is 11.9 Å². The molecule has 2 aromatic rings. The third-order valence-corrected chi connectivity index (χ3v) is 4.16.